The Labute approximate surface area is 202 Å². The maximum Gasteiger partial charge on any atom is 0.223 e. The van der Waals surface area contributed by atoms with Gasteiger partial charge in [0.05, 0.1) is 12.2 Å². The number of hydrogen-bond acceptors (Lipinski definition) is 6. The molecule has 174 valence electrons. The number of hydrogen-bond donors (Lipinski definition) is 1. The second-order valence-electron chi connectivity index (χ2n) is 8.49. The predicted molar refractivity (Wildman–Crippen MR) is 129 cm³/mol. The van der Waals surface area contributed by atoms with Crippen molar-refractivity contribution in [1.29, 1.82) is 0 Å². The molecule has 4 rings (SSSR count). The molecule has 0 atom stereocenters. The van der Waals surface area contributed by atoms with Crippen LogP contribution in [0.5, 0.6) is 0 Å². The summed E-state index contributed by atoms with van der Waals surface area (Å²) in [5.41, 5.74) is 9.37. The molecular formula is C24H26Cl2FN5O. The summed E-state index contributed by atoms with van der Waals surface area (Å²) in [5, 5.41) is 0.955. The maximum absolute atomic E-state index is 13.7. The first-order valence-electron chi connectivity index (χ1n) is 10.8. The zero-order chi connectivity index (χ0) is 23.6. The van der Waals surface area contributed by atoms with Crippen molar-refractivity contribution in [3.63, 3.8) is 0 Å². The molecule has 2 N–H and O–H groups in total. The molecule has 9 heteroatoms. The van der Waals surface area contributed by atoms with Crippen LogP contribution in [0.1, 0.15) is 35.2 Å². The summed E-state index contributed by atoms with van der Waals surface area (Å²) in [6.45, 7) is 6.16. The lowest BCUT2D eigenvalue weighted by atomic mass is 9.73. The summed E-state index contributed by atoms with van der Waals surface area (Å²) in [5.74, 6) is 0.428. The van der Waals surface area contributed by atoms with Gasteiger partial charge in [-0.25, -0.2) is 9.37 Å². The smallest absolute Gasteiger partial charge is 0.223 e. The molecule has 1 aliphatic heterocycles. The fourth-order valence-corrected chi connectivity index (χ4v) is 4.70. The van der Waals surface area contributed by atoms with Crippen LogP contribution in [0.25, 0.3) is 0 Å². The number of nitrogen functional groups attached to an aromatic ring is 1. The van der Waals surface area contributed by atoms with Crippen LogP contribution in [0.2, 0.25) is 10.2 Å². The average molecular weight is 490 g/mol. The van der Waals surface area contributed by atoms with Gasteiger partial charge >= 0.3 is 0 Å². The van der Waals surface area contributed by atoms with Crippen molar-refractivity contribution in [2.75, 3.05) is 30.4 Å². The van der Waals surface area contributed by atoms with Gasteiger partial charge in [0, 0.05) is 42.5 Å². The summed E-state index contributed by atoms with van der Waals surface area (Å²) in [4.78, 5) is 15.2. The molecule has 1 aromatic carbocycles. The Kier molecular flexibility index (Phi) is 7.02. The van der Waals surface area contributed by atoms with Crippen molar-refractivity contribution in [3.8, 4) is 0 Å². The molecule has 0 radical (unpaired) electrons. The third kappa shape index (κ3) is 5.21. The van der Waals surface area contributed by atoms with Crippen LogP contribution in [0.4, 0.5) is 16.2 Å². The molecule has 0 bridgehead atoms. The van der Waals surface area contributed by atoms with Gasteiger partial charge in [-0.05, 0) is 55.5 Å². The largest absolute Gasteiger partial charge is 0.381 e. The molecular weight excluding hydrogens is 464 g/mol. The highest BCUT2D eigenvalue weighted by Crippen LogP contribution is 2.38. The Hall–Kier alpha value is -2.48. The van der Waals surface area contributed by atoms with Gasteiger partial charge in [0.15, 0.2) is 0 Å². The normalized spacial score (nSPS) is 15.4. The van der Waals surface area contributed by atoms with Gasteiger partial charge < -0.3 is 15.4 Å². The Morgan fingerprint density at radius 2 is 1.82 bits per heavy atom. The highest BCUT2D eigenvalue weighted by atomic mass is 35.5. The van der Waals surface area contributed by atoms with E-state index < -0.39 is 0 Å². The molecule has 1 fully saturated rings. The van der Waals surface area contributed by atoms with Gasteiger partial charge in [-0.3, -0.25) is 4.98 Å². The highest BCUT2D eigenvalue weighted by molar-refractivity contribution is 6.32. The van der Waals surface area contributed by atoms with Crippen LogP contribution in [0, 0.1) is 19.7 Å². The first-order chi connectivity index (χ1) is 15.8. The lowest BCUT2D eigenvalue weighted by Gasteiger charge is -2.42. The maximum atomic E-state index is 13.7. The Morgan fingerprint density at radius 3 is 2.48 bits per heavy atom. The molecule has 2 aromatic heterocycles. The molecule has 0 saturated carbocycles. The van der Waals surface area contributed by atoms with Gasteiger partial charge in [0.2, 0.25) is 5.95 Å². The molecule has 0 amide bonds. The first kappa shape index (κ1) is 23.7. The molecule has 1 aliphatic rings. The standard InChI is InChI=1S/C24H26Cl2FN5O/c1-15-12-29-19(16(2)22(15)26)13-32(21-11-20(25)30-23(28)31-21)14-24(7-9-33-10-8-24)17-3-5-18(27)6-4-17/h3-6,11-12H,7-10,13-14H2,1-2H3,(H2,28,30,31). The fraction of sp³-hybridized carbons (Fsp3) is 0.375. The lowest BCUT2D eigenvalue weighted by molar-refractivity contribution is 0.0520. The molecule has 33 heavy (non-hydrogen) atoms. The second-order valence-corrected chi connectivity index (χ2v) is 9.25. The van der Waals surface area contributed by atoms with Crippen molar-refractivity contribution >= 4 is 35.0 Å². The fourth-order valence-electron chi connectivity index (χ4n) is 4.36. The van der Waals surface area contributed by atoms with Crippen LogP contribution < -0.4 is 10.6 Å². The summed E-state index contributed by atoms with van der Waals surface area (Å²) >= 11 is 12.7. The topological polar surface area (TPSA) is 77.2 Å². The number of aromatic nitrogens is 3. The third-order valence-corrected chi connectivity index (χ3v) is 7.06. The van der Waals surface area contributed by atoms with Gasteiger partial charge in [0.1, 0.15) is 16.8 Å². The monoisotopic (exact) mass is 489 g/mol. The van der Waals surface area contributed by atoms with E-state index >= 15 is 0 Å². The van der Waals surface area contributed by atoms with E-state index in [4.69, 9.17) is 33.7 Å². The van der Waals surface area contributed by atoms with Crippen LogP contribution in [0.3, 0.4) is 0 Å². The van der Waals surface area contributed by atoms with Gasteiger partial charge in [0.25, 0.3) is 0 Å². The van der Waals surface area contributed by atoms with Gasteiger partial charge in [-0.15, -0.1) is 0 Å². The van der Waals surface area contributed by atoms with E-state index in [1.54, 1.807) is 12.3 Å². The van der Waals surface area contributed by atoms with E-state index in [0.29, 0.717) is 37.1 Å². The van der Waals surface area contributed by atoms with Crippen molar-refractivity contribution < 1.29 is 9.13 Å². The minimum Gasteiger partial charge on any atom is -0.381 e. The summed E-state index contributed by atoms with van der Waals surface area (Å²) < 4.78 is 19.4. The Balaban J connectivity index is 1.77. The summed E-state index contributed by atoms with van der Waals surface area (Å²) in [7, 11) is 0. The van der Waals surface area contributed by atoms with Crippen molar-refractivity contribution in [3.05, 3.63) is 74.9 Å². The first-order valence-corrected chi connectivity index (χ1v) is 11.5. The van der Waals surface area contributed by atoms with E-state index in [1.165, 1.54) is 12.1 Å². The number of ether oxygens (including phenoxy) is 1. The number of halogens is 3. The average Bonchev–Trinajstić information content (AvgIpc) is 2.79. The summed E-state index contributed by atoms with van der Waals surface area (Å²) in [6.07, 6.45) is 3.34. The quantitative estimate of drug-likeness (QED) is 0.475. The predicted octanol–water partition coefficient (Wildman–Crippen LogP) is 5.27. The number of aryl methyl sites for hydroxylation is 1. The van der Waals surface area contributed by atoms with Crippen molar-refractivity contribution in [1.82, 2.24) is 15.0 Å². The molecule has 1 saturated heterocycles. The number of nitrogens with zero attached hydrogens (tertiary/aromatic N) is 4. The lowest BCUT2D eigenvalue weighted by Crippen LogP contribution is -2.45. The number of nitrogens with two attached hydrogens (primary N) is 1. The van der Waals surface area contributed by atoms with E-state index in [9.17, 15) is 4.39 Å². The SMILES string of the molecule is Cc1cnc(CN(CC2(c3ccc(F)cc3)CCOCC2)c2cc(Cl)nc(N)n2)c(C)c1Cl. The van der Waals surface area contributed by atoms with Gasteiger partial charge in [-0.2, -0.15) is 4.98 Å². The number of anilines is 2. The van der Waals surface area contributed by atoms with Crippen LogP contribution >= 0.6 is 23.2 Å². The molecule has 3 heterocycles. The molecule has 0 spiro atoms. The van der Waals surface area contributed by atoms with E-state index in [0.717, 1.165) is 35.2 Å². The zero-order valence-corrected chi connectivity index (χ0v) is 20.1. The van der Waals surface area contributed by atoms with Crippen LogP contribution in [0.15, 0.2) is 36.5 Å². The Bertz CT molecular complexity index is 1120. The highest BCUT2D eigenvalue weighted by Gasteiger charge is 2.37. The van der Waals surface area contributed by atoms with E-state index in [2.05, 4.69) is 19.9 Å². The molecule has 3 aromatic rings. The minimum absolute atomic E-state index is 0.0944. The second kappa shape index (κ2) is 9.79. The number of rotatable bonds is 6. The zero-order valence-electron chi connectivity index (χ0n) is 18.6. The minimum atomic E-state index is -0.277. The summed E-state index contributed by atoms with van der Waals surface area (Å²) in [6, 6.07) is 8.41. The van der Waals surface area contributed by atoms with Gasteiger partial charge in [-0.1, -0.05) is 35.3 Å². The third-order valence-electron chi connectivity index (χ3n) is 6.29. The van der Waals surface area contributed by atoms with Crippen LogP contribution in [-0.4, -0.2) is 34.7 Å². The van der Waals surface area contributed by atoms with Crippen molar-refractivity contribution in [2.24, 2.45) is 0 Å². The Morgan fingerprint density at radius 1 is 1.12 bits per heavy atom. The molecule has 6 nitrogen and oxygen atoms in total. The molecule has 0 aliphatic carbocycles. The van der Waals surface area contributed by atoms with E-state index in [-0.39, 0.29) is 22.3 Å². The number of benzene rings is 1. The molecule has 0 unspecified atom stereocenters. The number of pyridine rings is 1. The van der Waals surface area contributed by atoms with Crippen molar-refractivity contribution in [2.45, 2.75) is 38.6 Å². The van der Waals surface area contributed by atoms with Crippen LogP contribution in [-0.2, 0) is 16.7 Å². The van der Waals surface area contributed by atoms with E-state index in [1.807, 2.05) is 26.0 Å².